The highest BCUT2D eigenvalue weighted by Gasteiger charge is 2.38. The fourth-order valence-electron chi connectivity index (χ4n) is 3.22. The van der Waals surface area contributed by atoms with Crippen LogP contribution in [0.25, 0.3) is 0 Å². The van der Waals surface area contributed by atoms with E-state index in [0.717, 1.165) is 32.1 Å². The molecule has 25 heavy (non-hydrogen) atoms. The van der Waals surface area contributed by atoms with Gasteiger partial charge < -0.3 is 9.42 Å². The number of carbonyl (C=O) groups excluding carboxylic acids is 1. The van der Waals surface area contributed by atoms with Crippen molar-refractivity contribution in [3.63, 3.8) is 0 Å². The molecule has 0 saturated heterocycles. The fourth-order valence-corrected chi connectivity index (χ4v) is 3.22. The minimum absolute atomic E-state index is 0.115. The van der Waals surface area contributed by atoms with Gasteiger partial charge in [0.25, 0.3) is 0 Å². The minimum Gasteiger partial charge on any atom is -0.340 e. The first-order chi connectivity index (χ1) is 12.1. The molecule has 0 bridgehead atoms. The SMILES string of the molecule is Cc1nc(C2(NCC(=O)N(CCC#N)CCC#N)CCCCC2)no1. The molecule has 134 valence electrons. The van der Waals surface area contributed by atoms with Crippen molar-refractivity contribution < 1.29 is 9.32 Å². The van der Waals surface area contributed by atoms with Crippen molar-refractivity contribution >= 4 is 5.91 Å². The highest BCUT2D eigenvalue weighted by Crippen LogP contribution is 2.35. The number of hydrogen-bond acceptors (Lipinski definition) is 7. The molecule has 1 amide bonds. The average Bonchev–Trinajstić information content (AvgIpc) is 3.08. The Kier molecular flexibility index (Phi) is 6.91. The Morgan fingerprint density at radius 2 is 1.88 bits per heavy atom. The van der Waals surface area contributed by atoms with E-state index in [1.54, 1.807) is 11.8 Å². The molecule has 1 N–H and O–H groups in total. The molecule has 1 aromatic heterocycles. The van der Waals surface area contributed by atoms with Crippen molar-refractivity contribution in [2.75, 3.05) is 19.6 Å². The molecular weight excluding hydrogens is 320 g/mol. The van der Waals surface area contributed by atoms with Crippen LogP contribution in [0, 0.1) is 29.6 Å². The normalized spacial score (nSPS) is 16.0. The molecule has 0 aliphatic heterocycles. The minimum atomic E-state index is -0.443. The number of carbonyl (C=O) groups is 1. The van der Waals surface area contributed by atoms with Crippen LogP contribution in [0.15, 0.2) is 4.52 Å². The van der Waals surface area contributed by atoms with E-state index in [2.05, 4.69) is 15.5 Å². The number of hydrogen-bond donors (Lipinski definition) is 1. The van der Waals surface area contributed by atoms with E-state index in [1.807, 2.05) is 12.1 Å². The molecule has 1 saturated carbocycles. The smallest absolute Gasteiger partial charge is 0.236 e. The van der Waals surface area contributed by atoms with Crippen LogP contribution in [0.2, 0.25) is 0 Å². The summed E-state index contributed by atoms with van der Waals surface area (Å²) in [6.45, 7) is 2.56. The van der Waals surface area contributed by atoms with E-state index in [9.17, 15) is 4.79 Å². The molecule has 8 heteroatoms. The van der Waals surface area contributed by atoms with Crippen LogP contribution >= 0.6 is 0 Å². The van der Waals surface area contributed by atoms with E-state index >= 15 is 0 Å². The quantitative estimate of drug-likeness (QED) is 0.763. The second-order valence-corrected chi connectivity index (χ2v) is 6.33. The lowest BCUT2D eigenvalue weighted by atomic mass is 9.81. The molecule has 1 aromatic rings. The van der Waals surface area contributed by atoms with Gasteiger partial charge in [0.15, 0.2) is 5.82 Å². The third-order valence-electron chi connectivity index (χ3n) is 4.58. The molecule has 0 spiro atoms. The highest BCUT2D eigenvalue weighted by molar-refractivity contribution is 5.78. The van der Waals surface area contributed by atoms with Crippen LogP contribution in [0.4, 0.5) is 0 Å². The molecule has 8 nitrogen and oxygen atoms in total. The molecule has 1 aliphatic carbocycles. The first-order valence-corrected chi connectivity index (χ1v) is 8.69. The van der Waals surface area contributed by atoms with Gasteiger partial charge in [-0.2, -0.15) is 15.5 Å². The van der Waals surface area contributed by atoms with E-state index in [1.165, 1.54) is 0 Å². The summed E-state index contributed by atoms with van der Waals surface area (Å²) in [5.41, 5.74) is -0.443. The number of amides is 1. The standard InChI is InChI=1S/C17H24N6O2/c1-14-21-16(22-25-14)17(7-3-2-4-8-17)20-13-15(24)23(11-5-9-18)12-6-10-19/h20H,2-8,11-13H2,1H3. The lowest BCUT2D eigenvalue weighted by Gasteiger charge is -2.36. The van der Waals surface area contributed by atoms with Gasteiger partial charge in [-0.05, 0) is 12.8 Å². The molecule has 1 aliphatic rings. The maximum atomic E-state index is 12.6. The zero-order chi connectivity index (χ0) is 18.1. The van der Waals surface area contributed by atoms with Crippen molar-refractivity contribution in [2.45, 2.75) is 57.4 Å². The molecule has 0 atom stereocenters. The summed E-state index contributed by atoms with van der Waals surface area (Å²) in [6, 6.07) is 4.08. The summed E-state index contributed by atoms with van der Waals surface area (Å²) >= 11 is 0. The van der Waals surface area contributed by atoms with E-state index in [4.69, 9.17) is 15.0 Å². The largest absolute Gasteiger partial charge is 0.340 e. The number of aryl methyl sites for hydroxylation is 1. The summed E-state index contributed by atoms with van der Waals surface area (Å²) < 4.78 is 5.13. The molecule has 0 aromatic carbocycles. The lowest BCUT2D eigenvalue weighted by Crippen LogP contribution is -2.50. The maximum absolute atomic E-state index is 12.6. The Morgan fingerprint density at radius 1 is 1.24 bits per heavy atom. The first kappa shape index (κ1) is 18.9. The Hall–Kier alpha value is -2.45. The van der Waals surface area contributed by atoms with Gasteiger partial charge in [0.1, 0.15) is 0 Å². The van der Waals surface area contributed by atoms with Crippen molar-refractivity contribution in [3.8, 4) is 12.1 Å². The van der Waals surface area contributed by atoms with Gasteiger partial charge in [0.05, 0.1) is 37.1 Å². The molecular formula is C17H24N6O2. The highest BCUT2D eigenvalue weighted by atomic mass is 16.5. The van der Waals surface area contributed by atoms with Crippen LogP contribution in [0.1, 0.15) is 56.7 Å². The van der Waals surface area contributed by atoms with E-state index in [-0.39, 0.29) is 25.3 Å². The van der Waals surface area contributed by atoms with Crippen LogP contribution in [-0.4, -0.2) is 40.6 Å². The molecule has 1 heterocycles. The predicted octanol–water partition coefficient (Wildman–Crippen LogP) is 1.78. The summed E-state index contributed by atoms with van der Waals surface area (Å²) in [5.74, 6) is 1.01. The number of aromatic nitrogens is 2. The second kappa shape index (κ2) is 9.14. The van der Waals surface area contributed by atoms with E-state index < -0.39 is 5.54 Å². The van der Waals surface area contributed by atoms with Gasteiger partial charge in [0.2, 0.25) is 11.8 Å². The average molecular weight is 344 g/mol. The first-order valence-electron chi connectivity index (χ1n) is 8.69. The van der Waals surface area contributed by atoms with Gasteiger partial charge in [0, 0.05) is 20.0 Å². The Bertz CT molecular complexity index is 633. The Labute approximate surface area is 147 Å². The third-order valence-corrected chi connectivity index (χ3v) is 4.58. The number of nitrogens with zero attached hydrogens (tertiary/aromatic N) is 5. The molecule has 0 radical (unpaired) electrons. The van der Waals surface area contributed by atoms with Gasteiger partial charge in [-0.3, -0.25) is 10.1 Å². The maximum Gasteiger partial charge on any atom is 0.236 e. The second-order valence-electron chi connectivity index (χ2n) is 6.33. The fraction of sp³-hybridized carbons (Fsp3) is 0.706. The predicted molar refractivity (Wildman–Crippen MR) is 88.8 cm³/mol. The van der Waals surface area contributed by atoms with Crippen molar-refractivity contribution in [1.29, 1.82) is 10.5 Å². The number of nitrogens with one attached hydrogen (secondary N) is 1. The number of rotatable bonds is 8. The monoisotopic (exact) mass is 344 g/mol. The lowest BCUT2D eigenvalue weighted by molar-refractivity contribution is -0.130. The van der Waals surface area contributed by atoms with E-state index in [0.29, 0.717) is 24.8 Å². The van der Waals surface area contributed by atoms with Crippen molar-refractivity contribution in [2.24, 2.45) is 0 Å². The zero-order valence-corrected chi connectivity index (χ0v) is 14.6. The van der Waals surface area contributed by atoms with Crippen LogP contribution < -0.4 is 5.32 Å². The molecule has 0 unspecified atom stereocenters. The van der Waals surface area contributed by atoms with Crippen LogP contribution in [-0.2, 0) is 10.3 Å². The topological polar surface area (TPSA) is 119 Å². The zero-order valence-electron chi connectivity index (χ0n) is 14.6. The van der Waals surface area contributed by atoms with Gasteiger partial charge in [-0.25, -0.2) is 0 Å². The van der Waals surface area contributed by atoms with Gasteiger partial charge >= 0.3 is 0 Å². The van der Waals surface area contributed by atoms with Crippen LogP contribution in [0.3, 0.4) is 0 Å². The van der Waals surface area contributed by atoms with Crippen molar-refractivity contribution in [3.05, 3.63) is 11.7 Å². The summed E-state index contributed by atoms with van der Waals surface area (Å²) in [5, 5.41) is 24.9. The number of nitriles is 2. The summed E-state index contributed by atoms with van der Waals surface area (Å²) in [6.07, 6.45) is 5.47. The Morgan fingerprint density at radius 3 is 2.40 bits per heavy atom. The van der Waals surface area contributed by atoms with Crippen molar-refractivity contribution in [1.82, 2.24) is 20.4 Å². The summed E-state index contributed by atoms with van der Waals surface area (Å²) in [4.78, 5) is 18.5. The Balaban J connectivity index is 2.04. The molecule has 2 rings (SSSR count). The molecule has 1 fully saturated rings. The third kappa shape index (κ3) is 5.01. The van der Waals surface area contributed by atoms with Crippen LogP contribution in [0.5, 0.6) is 0 Å². The van der Waals surface area contributed by atoms with Gasteiger partial charge in [-0.1, -0.05) is 24.4 Å². The summed E-state index contributed by atoms with van der Waals surface area (Å²) in [7, 11) is 0. The van der Waals surface area contributed by atoms with Gasteiger partial charge in [-0.15, -0.1) is 0 Å².